The molecule has 1 heterocycles. The lowest BCUT2D eigenvalue weighted by atomic mass is 10.1. The molecule has 0 fully saturated rings. The number of aryl methyl sites for hydroxylation is 1. The Morgan fingerprint density at radius 3 is 1.69 bits per heavy atom. The number of benzene rings is 4. The van der Waals surface area contributed by atoms with E-state index < -0.39 is 29.5 Å². The van der Waals surface area contributed by atoms with E-state index in [0.717, 1.165) is 12.2 Å². The lowest BCUT2D eigenvalue weighted by molar-refractivity contribution is -0.138. The van der Waals surface area contributed by atoms with Crippen LogP contribution in [0.2, 0.25) is 0 Å². The number of ether oxygens (including phenoxy) is 6. The largest absolute Gasteiger partial charge is 0.493 e. The van der Waals surface area contributed by atoms with Crippen LogP contribution in [-0.4, -0.2) is 55.3 Å². The molecule has 0 radical (unpaired) electrons. The van der Waals surface area contributed by atoms with E-state index in [0.29, 0.717) is 59.8 Å². The summed E-state index contributed by atoms with van der Waals surface area (Å²) in [5.41, 5.74) is 1.23. The number of carbonyl (C=O) groups excluding carboxylic acids is 4. The van der Waals surface area contributed by atoms with Crippen molar-refractivity contribution in [1.82, 2.24) is 4.98 Å². The highest BCUT2D eigenvalue weighted by molar-refractivity contribution is 5.93. The number of hydrogen-bond donors (Lipinski definition) is 0. The fourth-order valence-electron chi connectivity index (χ4n) is 4.76. The molecule has 0 atom stereocenters. The molecule has 5 aromatic rings. The normalized spacial score (nSPS) is 10.5. The second-order valence-corrected chi connectivity index (χ2v) is 11.4. The molecule has 0 aliphatic rings. The van der Waals surface area contributed by atoms with E-state index >= 15 is 0 Å². The van der Waals surface area contributed by atoms with Crippen molar-refractivity contribution >= 4 is 34.8 Å². The predicted molar refractivity (Wildman–Crippen MR) is 196 cm³/mol. The molecular formula is C41H35NO12. The summed E-state index contributed by atoms with van der Waals surface area (Å²) in [6, 6.07) is 22.0. The Morgan fingerprint density at radius 2 is 1.17 bits per heavy atom. The third-order valence-corrected chi connectivity index (χ3v) is 7.56. The van der Waals surface area contributed by atoms with Gasteiger partial charge in [0, 0.05) is 30.6 Å². The molecule has 0 aliphatic carbocycles. The van der Waals surface area contributed by atoms with Crippen LogP contribution in [-0.2, 0) is 19.1 Å². The maximum atomic E-state index is 13.0. The molecule has 0 spiro atoms. The molecule has 4 aromatic carbocycles. The monoisotopic (exact) mass is 733 g/mol. The molecule has 276 valence electrons. The smallest absolute Gasteiger partial charge is 0.347 e. The van der Waals surface area contributed by atoms with Crippen LogP contribution in [0.5, 0.6) is 23.0 Å². The SMILES string of the molecule is C=CC(=O)OCCCOc1ccc(C(=O)Oc2ccc(-c3nc4cc(C)c(OC(=O)c5ccc(OCCCOC(=O)C=C)cc5)cc4c(=O)o3)cc2)cc1. The van der Waals surface area contributed by atoms with Gasteiger partial charge in [-0.15, -0.1) is 0 Å². The van der Waals surface area contributed by atoms with Crippen molar-refractivity contribution in [1.29, 1.82) is 0 Å². The first-order chi connectivity index (χ1) is 26.1. The van der Waals surface area contributed by atoms with E-state index in [1.54, 1.807) is 85.8 Å². The lowest BCUT2D eigenvalue weighted by Crippen LogP contribution is -2.11. The zero-order valence-corrected chi connectivity index (χ0v) is 29.2. The van der Waals surface area contributed by atoms with E-state index in [1.165, 1.54) is 6.07 Å². The van der Waals surface area contributed by atoms with Crippen molar-refractivity contribution in [3.63, 3.8) is 0 Å². The average molecular weight is 734 g/mol. The van der Waals surface area contributed by atoms with Crippen molar-refractivity contribution in [2.75, 3.05) is 26.4 Å². The second-order valence-electron chi connectivity index (χ2n) is 11.4. The van der Waals surface area contributed by atoms with Crippen LogP contribution < -0.4 is 24.6 Å². The first-order valence-corrected chi connectivity index (χ1v) is 16.7. The Balaban J connectivity index is 1.16. The maximum Gasteiger partial charge on any atom is 0.347 e. The molecule has 13 heteroatoms. The number of fused-ring (bicyclic) bond motifs is 1. The van der Waals surface area contributed by atoms with Gasteiger partial charge in [0.2, 0.25) is 5.89 Å². The molecule has 0 N–H and O–H groups in total. The third kappa shape index (κ3) is 10.5. The van der Waals surface area contributed by atoms with Crippen molar-refractivity contribution in [2.24, 2.45) is 0 Å². The molecule has 1 aromatic heterocycles. The van der Waals surface area contributed by atoms with E-state index in [9.17, 15) is 24.0 Å². The Kier molecular flexibility index (Phi) is 13.1. The van der Waals surface area contributed by atoms with Crippen LogP contribution in [0.1, 0.15) is 39.1 Å². The summed E-state index contributed by atoms with van der Waals surface area (Å²) in [5.74, 6) is -0.692. The van der Waals surface area contributed by atoms with Gasteiger partial charge in [0.25, 0.3) is 0 Å². The highest BCUT2D eigenvalue weighted by Crippen LogP contribution is 2.27. The highest BCUT2D eigenvalue weighted by atomic mass is 16.5. The maximum absolute atomic E-state index is 13.0. The molecule has 0 aliphatic heterocycles. The van der Waals surface area contributed by atoms with Gasteiger partial charge >= 0.3 is 29.5 Å². The summed E-state index contributed by atoms with van der Waals surface area (Å²) in [7, 11) is 0. The Hall–Kier alpha value is -7.02. The summed E-state index contributed by atoms with van der Waals surface area (Å²) in [5, 5.41) is 0.116. The Morgan fingerprint density at radius 1 is 0.667 bits per heavy atom. The van der Waals surface area contributed by atoms with Gasteiger partial charge in [0.1, 0.15) is 23.0 Å². The number of aromatic nitrogens is 1. The predicted octanol–water partition coefficient (Wildman–Crippen LogP) is 6.60. The van der Waals surface area contributed by atoms with Gasteiger partial charge in [0.15, 0.2) is 0 Å². The van der Waals surface area contributed by atoms with Gasteiger partial charge in [-0.05, 0) is 97.4 Å². The molecule has 0 bridgehead atoms. The Bertz CT molecular complexity index is 2210. The third-order valence-electron chi connectivity index (χ3n) is 7.56. The summed E-state index contributed by atoms with van der Waals surface area (Å²) in [4.78, 5) is 65.3. The molecule has 0 saturated carbocycles. The minimum absolute atomic E-state index is 0.0454. The van der Waals surface area contributed by atoms with Crippen molar-refractivity contribution in [3.8, 4) is 34.5 Å². The quantitative estimate of drug-likeness (QED) is 0.0435. The van der Waals surface area contributed by atoms with Gasteiger partial charge < -0.3 is 32.8 Å². The van der Waals surface area contributed by atoms with Crippen LogP contribution in [0.3, 0.4) is 0 Å². The van der Waals surface area contributed by atoms with Gasteiger partial charge in [-0.3, -0.25) is 0 Å². The van der Waals surface area contributed by atoms with E-state index in [-0.39, 0.29) is 41.6 Å². The van der Waals surface area contributed by atoms with Crippen LogP contribution in [0.15, 0.2) is 119 Å². The number of esters is 4. The molecule has 54 heavy (non-hydrogen) atoms. The molecular weight excluding hydrogens is 698 g/mol. The lowest BCUT2D eigenvalue weighted by Gasteiger charge is -2.10. The van der Waals surface area contributed by atoms with Crippen LogP contribution in [0.25, 0.3) is 22.4 Å². The minimum Gasteiger partial charge on any atom is -0.493 e. The van der Waals surface area contributed by atoms with Crippen molar-refractivity contribution < 1.29 is 52.0 Å². The second kappa shape index (κ2) is 18.5. The summed E-state index contributed by atoms with van der Waals surface area (Å²) >= 11 is 0. The highest BCUT2D eigenvalue weighted by Gasteiger charge is 2.16. The van der Waals surface area contributed by atoms with Gasteiger partial charge in [-0.1, -0.05) is 13.2 Å². The average Bonchev–Trinajstić information content (AvgIpc) is 3.18. The number of hydrogen-bond acceptors (Lipinski definition) is 13. The number of nitrogens with zero attached hydrogens (tertiary/aromatic N) is 1. The van der Waals surface area contributed by atoms with Crippen LogP contribution in [0, 0.1) is 6.92 Å². The summed E-state index contributed by atoms with van der Waals surface area (Å²) in [6.07, 6.45) is 3.16. The van der Waals surface area contributed by atoms with E-state index in [4.69, 9.17) is 32.8 Å². The van der Waals surface area contributed by atoms with Crippen molar-refractivity contribution in [2.45, 2.75) is 19.8 Å². The number of carbonyl (C=O) groups is 4. The number of rotatable bonds is 17. The van der Waals surface area contributed by atoms with Gasteiger partial charge in [0.05, 0.1) is 48.5 Å². The van der Waals surface area contributed by atoms with Crippen LogP contribution >= 0.6 is 0 Å². The fourth-order valence-corrected chi connectivity index (χ4v) is 4.76. The zero-order valence-electron chi connectivity index (χ0n) is 29.2. The first-order valence-electron chi connectivity index (χ1n) is 16.7. The first kappa shape index (κ1) is 38.2. The molecule has 5 rings (SSSR count). The molecule has 0 saturated heterocycles. The fraction of sp³-hybridized carbons (Fsp3) is 0.171. The van der Waals surface area contributed by atoms with Gasteiger partial charge in [-0.2, -0.15) is 0 Å². The van der Waals surface area contributed by atoms with Crippen molar-refractivity contribution in [3.05, 3.63) is 137 Å². The zero-order chi connectivity index (χ0) is 38.5. The van der Waals surface area contributed by atoms with Crippen LogP contribution in [0.4, 0.5) is 0 Å². The topological polar surface area (TPSA) is 167 Å². The summed E-state index contributed by atoms with van der Waals surface area (Å²) in [6.45, 7) is 9.41. The Labute approximate surface area is 309 Å². The minimum atomic E-state index is -0.688. The standard InChI is InChI=1S/C41H35NO12/c1-4-36(43)50-22-6-20-48-30-14-10-28(11-15-30)39(45)52-32-18-8-27(9-19-32)38-42-34-24-26(3)35(25-33(34)41(47)54-38)53-40(46)29-12-16-31(17-13-29)49-21-7-23-51-37(44)5-2/h4-5,8-19,24-25H,1-2,6-7,20-23H2,3H3. The molecule has 13 nitrogen and oxygen atoms in total. The van der Waals surface area contributed by atoms with E-state index in [1.807, 2.05) is 0 Å². The van der Waals surface area contributed by atoms with E-state index in [2.05, 4.69) is 18.1 Å². The molecule has 0 amide bonds. The van der Waals surface area contributed by atoms with Gasteiger partial charge in [-0.25, -0.2) is 29.0 Å². The summed E-state index contributed by atoms with van der Waals surface area (Å²) < 4.78 is 37.6. The molecule has 0 unspecified atom stereocenters.